The summed E-state index contributed by atoms with van der Waals surface area (Å²) in [7, 11) is 0. The molecular weight excluding hydrogens is 312 g/mol. The second kappa shape index (κ2) is 18.2. The topological polar surface area (TPSA) is 46.5 Å². The lowest BCUT2D eigenvalue weighted by Crippen LogP contribution is -2.24. The summed E-state index contributed by atoms with van der Waals surface area (Å²) >= 11 is 0. The van der Waals surface area contributed by atoms with E-state index in [0.29, 0.717) is 0 Å². The van der Waals surface area contributed by atoms with Gasteiger partial charge in [-0.3, -0.25) is 4.79 Å². The minimum absolute atomic E-state index is 0.0586. The molecule has 0 aromatic heterocycles. The van der Waals surface area contributed by atoms with Crippen LogP contribution in [0, 0.1) is 5.92 Å². The van der Waals surface area contributed by atoms with Crippen LogP contribution < -0.4 is 0 Å². The van der Waals surface area contributed by atoms with Crippen LogP contribution in [0.15, 0.2) is 0 Å². The Balaban J connectivity index is 3.31. The molecule has 0 aromatic carbocycles. The van der Waals surface area contributed by atoms with Gasteiger partial charge in [0.05, 0.1) is 12.5 Å². The first-order chi connectivity index (χ1) is 12.1. The van der Waals surface area contributed by atoms with Gasteiger partial charge in [0.15, 0.2) is 0 Å². The third-order valence-electron chi connectivity index (χ3n) is 4.84. The largest absolute Gasteiger partial charge is 0.460 e. The van der Waals surface area contributed by atoms with E-state index in [1.165, 1.54) is 83.5 Å². The van der Waals surface area contributed by atoms with E-state index in [-0.39, 0.29) is 24.6 Å². The van der Waals surface area contributed by atoms with E-state index < -0.39 is 0 Å². The molecule has 0 aliphatic carbocycles. The number of ether oxygens (including phenoxy) is 1. The average molecular weight is 357 g/mol. The minimum Gasteiger partial charge on any atom is -0.460 e. The van der Waals surface area contributed by atoms with E-state index in [0.717, 1.165) is 12.8 Å². The number of esters is 1. The molecule has 0 saturated heterocycles. The highest BCUT2D eigenvalue weighted by Crippen LogP contribution is 2.14. The molecule has 0 saturated carbocycles. The number of rotatable bonds is 18. The standard InChI is InChI=1S/C22H44O3/c1-4-5-6-7-8-9-10-11-12-13-14-15-16-17-18-21(19-23)25-22(24)20(2)3/h20-21,23H,4-19H2,1-3H3. The molecule has 0 aliphatic rings. The van der Waals surface area contributed by atoms with Gasteiger partial charge in [0.25, 0.3) is 0 Å². The maximum atomic E-state index is 11.5. The van der Waals surface area contributed by atoms with E-state index in [4.69, 9.17) is 4.74 Å². The number of unbranched alkanes of at least 4 members (excludes halogenated alkanes) is 13. The van der Waals surface area contributed by atoms with E-state index in [9.17, 15) is 9.90 Å². The van der Waals surface area contributed by atoms with Gasteiger partial charge in [-0.2, -0.15) is 0 Å². The summed E-state index contributed by atoms with van der Waals surface area (Å²) in [5, 5.41) is 9.28. The van der Waals surface area contributed by atoms with Crippen molar-refractivity contribution in [3.05, 3.63) is 0 Å². The zero-order chi connectivity index (χ0) is 18.8. The molecule has 0 heterocycles. The number of carbonyl (C=O) groups excluding carboxylic acids is 1. The molecule has 1 N–H and O–H groups in total. The van der Waals surface area contributed by atoms with Crippen molar-refractivity contribution in [2.75, 3.05) is 6.61 Å². The van der Waals surface area contributed by atoms with Crippen molar-refractivity contribution >= 4 is 5.97 Å². The fourth-order valence-electron chi connectivity index (χ4n) is 3.05. The van der Waals surface area contributed by atoms with Gasteiger partial charge in [-0.15, -0.1) is 0 Å². The Morgan fingerprint density at radius 2 is 1.16 bits per heavy atom. The summed E-state index contributed by atoms with van der Waals surface area (Å²) in [5.41, 5.74) is 0. The lowest BCUT2D eigenvalue weighted by molar-refractivity contribution is -0.155. The zero-order valence-corrected chi connectivity index (χ0v) is 17.2. The van der Waals surface area contributed by atoms with Gasteiger partial charge in [-0.05, 0) is 12.8 Å². The molecule has 150 valence electrons. The van der Waals surface area contributed by atoms with Gasteiger partial charge in [-0.1, -0.05) is 104 Å². The molecule has 3 nitrogen and oxygen atoms in total. The zero-order valence-electron chi connectivity index (χ0n) is 17.2. The molecular formula is C22H44O3. The van der Waals surface area contributed by atoms with Crippen molar-refractivity contribution < 1.29 is 14.6 Å². The van der Waals surface area contributed by atoms with E-state index in [1.54, 1.807) is 0 Å². The van der Waals surface area contributed by atoms with Gasteiger partial charge in [0.1, 0.15) is 6.10 Å². The van der Waals surface area contributed by atoms with Crippen LogP contribution in [-0.2, 0) is 9.53 Å². The highest BCUT2D eigenvalue weighted by Gasteiger charge is 2.15. The fourth-order valence-corrected chi connectivity index (χ4v) is 3.05. The first kappa shape index (κ1) is 24.4. The third-order valence-corrected chi connectivity index (χ3v) is 4.84. The molecule has 0 spiro atoms. The quantitative estimate of drug-likeness (QED) is 0.228. The van der Waals surface area contributed by atoms with E-state index >= 15 is 0 Å². The second-order valence-electron chi connectivity index (χ2n) is 7.78. The van der Waals surface area contributed by atoms with Crippen LogP contribution in [0.5, 0.6) is 0 Å². The average Bonchev–Trinajstić information content (AvgIpc) is 2.60. The summed E-state index contributed by atoms with van der Waals surface area (Å²) in [6.07, 6.45) is 19.2. The number of carbonyl (C=O) groups is 1. The lowest BCUT2D eigenvalue weighted by atomic mass is 10.0. The molecule has 1 atom stereocenters. The smallest absolute Gasteiger partial charge is 0.308 e. The normalized spacial score (nSPS) is 12.5. The first-order valence-corrected chi connectivity index (χ1v) is 10.9. The molecule has 3 heteroatoms. The molecule has 0 rings (SSSR count). The molecule has 0 radical (unpaired) electrons. The van der Waals surface area contributed by atoms with Crippen molar-refractivity contribution in [3.63, 3.8) is 0 Å². The van der Waals surface area contributed by atoms with Crippen LogP contribution in [0.2, 0.25) is 0 Å². The van der Waals surface area contributed by atoms with Crippen molar-refractivity contribution in [3.8, 4) is 0 Å². The molecule has 0 aromatic rings. The van der Waals surface area contributed by atoms with Crippen LogP contribution in [-0.4, -0.2) is 23.8 Å². The Kier molecular flexibility index (Phi) is 17.8. The summed E-state index contributed by atoms with van der Waals surface area (Å²) in [6, 6.07) is 0. The highest BCUT2D eigenvalue weighted by atomic mass is 16.6. The molecule has 25 heavy (non-hydrogen) atoms. The van der Waals surface area contributed by atoms with Crippen LogP contribution in [0.4, 0.5) is 0 Å². The number of aliphatic hydroxyl groups is 1. The second-order valence-corrected chi connectivity index (χ2v) is 7.78. The van der Waals surface area contributed by atoms with E-state index in [1.807, 2.05) is 13.8 Å². The summed E-state index contributed by atoms with van der Waals surface area (Å²) in [5.74, 6) is -0.324. The summed E-state index contributed by atoms with van der Waals surface area (Å²) in [6.45, 7) is 5.86. The van der Waals surface area contributed by atoms with Crippen molar-refractivity contribution in [1.29, 1.82) is 0 Å². The molecule has 0 bridgehead atoms. The Labute approximate surface area is 156 Å². The first-order valence-electron chi connectivity index (χ1n) is 10.9. The lowest BCUT2D eigenvalue weighted by Gasteiger charge is -2.16. The Hall–Kier alpha value is -0.570. The molecule has 0 aliphatic heterocycles. The van der Waals surface area contributed by atoms with Gasteiger partial charge in [-0.25, -0.2) is 0 Å². The molecule has 0 fully saturated rings. The van der Waals surface area contributed by atoms with Gasteiger partial charge in [0.2, 0.25) is 0 Å². The van der Waals surface area contributed by atoms with Crippen LogP contribution in [0.25, 0.3) is 0 Å². The molecule has 0 amide bonds. The Bertz CT molecular complexity index is 289. The van der Waals surface area contributed by atoms with Gasteiger partial charge >= 0.3 is 5.97 Å². The van der Waals surface area contributed by atoms with Crippen molar-refractivity contribution in [1.82, 2.24) is 0 Å². The van der Waals surface area contributed by atoms with Crippen molar-refractivity contribution in [2.24, 2.45) is 5.92 Å². The van der Waals surface area contributed by atoms with Crippen LogP contribution in [0.3, 0.4) is 0 Å². The third kappa shape index (κ3) is 16.6. The number of aliphatic hydroxyl groups excluding tert-OH is 1. The Morgan fingerprint density at radius 1 is 0.760 bits per heavy atom. The summed E-state index contributed by atoms with van der Waals surface area (Å²) < 4.78 is 5.29. The predicted molar refractivity (Wildman–Crippen MR) is 107 cm³/mol. The van der Waals surface area contributed by atoms with Crippen LogP contribution in [0.1, 0.15) is 117 Å². The number of hydrogen-bond donors (Lipinski definition) is 1. The van der Waals surface area contributed by atoms with Gasteiger partial charge < -0.3 is 9.84 Å². The van der Waals surface area contributed by atoms with Crippen molar-refractivity contribution in [2.45, 2.75) is 123 Å². The van der Waals surface area contributed by atoms with Gasteiger partial charge in [0, 0.05) is 0 Å². The Morgan fingerprint density at radius 3 is 1.52 bits per heavy atom. The fraction of sp³-hybridized carbons (Fsp3) is 0.955. The predicted octanol–water partition coefficient (Wildman–Crippen LogP) is 6.42. The monoisotopic (exact) mass is 356 g/mol. The van der Waals surface area contributed by atoms with Crippen LogP contribution >= 0.6 is 0 Å². The maximum Gasteiger partial charge on any atom is 0.308 e. The summed E-state index contributed by atoms with van der Waals surface area (Å²) in [4.78, 5) is 11.5. The van der Waals surface area contributed by atoms with E-state index in [2.05, 4.69) is 6.92 Å². The molecule has 1 unspecified atom stereocenters. The highest BCUT2D eigenvalue weighted by molar-refractivity contribution is 5.71. The maximum absolute atomic E-state index is 11.5. The SMILES string of the molecule is CCCCCCCCCCCCCCCCC(CO)OC(=O)C(C)C. The minimum atomic E-state index is -0.313. The number of hydrogen-bond acceptors (Lipinski definition) is 3.